The molecular formula is C62H39NO. The van der Waals surface area contributed by atoms with Crippen molar-refractivity contribution in [3.8, 4) is 33.4 Å². The first-order valence-electron chi connectivity index (χ1n) is 22.0. The van der Waals surface area contributed by atoms with Crippen LogP contribution < -0.4 is 4.90 Å². The SMILES string of the molecule is c1cc(-c2ccc(-c3cc4ccccc4c4ccccc34)cc2)cc(N(c2ccc(-c3cc4ccccc4c4ccccc34)cc2)c2cccc3oc4cc5ccccc5cc4c23)c1. The molecule has 1 aromatic heterocycles. The standard InChI is InChI=1S/C62H39NO/c1-2-14-45-39-61-58(36-44(45)13-1)62-59(25-12-26-60(62)64-61)63(48-33-31-42(32-34-48)57-38-47-16-4-6-20-51(47)53-22-8-10-24-55(53)57)49-18-11-17-43(35-49)40-27-29-41(30-28-40)56-37-46-15-3-5-19-50(46)52-21-7-9-23-54(52)56/h1-39H. The van der Waals surface area contributed by atoms with Crippen molar-refractivity contribution in [3.05, 3.63) is 237 Å². The molecule has 0 radical (unpaired) electrons. The predicted molar refractivity (Wildman–Crippen MR) is 272 cm³/mol. The van der Waals surface area contributed by atoms with Crippen molar-refractivity contribution in [2.75, 3.05) is 4.90 Å². The van der Waals surface area contributed by atoms with Crippen molar-refractivity contribution in [1.29, 1.82) is 0 Å². The van der Waals surface area contributed by atoms with Gasteiger partial charge in [0.15, 0.2) is 0 Å². The van der Waals surface area contributed by atoms with E-state index < -0.39 is 0 Å². The summed E-state index contributed by atoms with van der Waals surface area (Å²) in [7, 11) is 0. The summed E-state index contributed by atoms with van der Waals surface area (Å²) in [6.45, 7) is 0. The van der Waals surface area contributed by atoms with E-state index in [4.69, 9.17) is 4.42 Å². The van der Waals surface area contributed by atoms with Crippen LogP contribution in [0.2, 0.25) is 0 Å². The van der Waals surface area contributed by atoms with Gasteiger partial charge in [-0.25, -0.2) is 0 Å². The van der Waals surface area contributed by atoms with Crippen LogP contribution in [0.15, 0.2) is 241 Å². The van der Waals surface area contributed by atoms with Crippen molar-refractivity contribution >= 4 is 92.9 Å². The molecule has 0 bridgehead atoms. The van der Waals surface area contributed by atoms with Crippen molar-refractivity contribution in [1.82, 2.24) is 0 Å². The third kappa shape index (κ3) is 5.88. The molecule has 298 valence electrons. The molecule has 0 atom stereocenters. The Labute approximate surface area is 370 Å². The highest BCUT2D eigenvalue weighted by atomic mass is 16.3. The molecule has 2 nitrogen and oxygen atoms in total. The summed E-state index contributed by atoms with van der Waals surface area (Å²) in [5.74, 6) is 0. The molecular weight excluding hydrogens is 775 g/mol. The summed E-state index contributed by atoms with van der Waals surface area (Å²) in [5.41, 5.74) is 12.1. The Morgan fingerprint density at radius 1 is 0.266 bits per heavy atom. The molecule has 1 heterocycles. The Hall–Kier alpha value is -8.46. The highest BCUT2D eigenvalue weighted by molar-refractivity contribution is 6.17. The minimum absolute atomic E-state index is 0.861. The van der Waals surface area contributed by atoms with Gasteiger partial charge in [-0.05, 0) is 148 Å². The zero-order valence-corrected chi connectivity index (χ0v) is 34.9. The maximum absolute atomic E-state index is 6.64. The number of benzene rings is 12. The molecule has 0 aliphatic heterocycles. The molecule has 0 aliphatic carbocycles. The van der Waals surface area contributed by atoms with Crippen LogP contribution in [0.25, 0.3) is 109 Å². The zero-order valence-electron chi connectivity index (χ0n) is 34.9. The first-order valence-corrected chi connectivity index (χ1v) is 22.0. The number of anilines is 3. The van der Waals surface area contributed by atoms with E-state index in [1.807, 2.05) is 0 Å². The Bertz CT molecular complexity index is 3950. The quantitative estimate of drug-likeness (QED) is 0.156. The number of hydrogen-bond acceptors (Lipinski definition) is 2. The molecule has 0 fully saturated rings. The average Bonchev–Trinajstić information content (AvgIpc) is 3.73. The van der Waals surface area contributed by atoms with Crippen LogP contribution in [0.4, 0.5) is 17.1 Å². The lowest BCUT2D eigenvalue weighted by molar-refractivity contribution is 0.669. The van der Waals surface area contributed by atoms with Crippen LogP contribution in [0.3, 0.4) is 0 Å². The zero-order chi connectivity index (χ0) is 42.1. The van der Waals surface area contributed by atoms with Crippen LogP contribution in [-0.2, 0) is 0 Å². The smallest absolute Gasteiger partial charge is 0.137 e. The molecule has 2 heteroatoms. The molecule has 0 N–H and O–H groups in total. The normalized spacial score (nSPS) is 11.8. The third-order valence-electron chi connectivity index (χ3n) is 13.2. The first kappa shape index (κ1) is 36.2. The lowest BCUT2D eigenvalue weighted by Crippen LogP contribution is -2.10. The molecule has 13 rings (SSSR count). The van der Waals surface area contributed by atoms with E-state index in [0.29, 0.717) is 0 Å². The molecule has 64 heavy (non-hydrogen) atoms. The molecule has 0 amide bonds. The van der Waals surface area contributed by atoms with Gasteiger partial charge in [0.2, 0.25) is 0 Å². The summed E-state index contributed by atoms with van der Waals surface area (Å²) >= 11 is 0. The minimum atomic E-state index is 0.861. The van der Waals surface area contributed by atoms with Crippen LogP contribution in [-0.4, -0.2) is 0 Å². The molecule has 0 aliphatic rings. The van der Waals surface area contributed by atoms with Gasteiger partial charge in [0, 0.05) is 16.8 Å². The van der Waals surface area contributed by atoms with E-state index in [1.165, 1.54) is 70.7 Å². The van der Waals surface area contributed by atoms with E-state index in [2.05, 4.69) is 241 Å². The van der Waals surface area contributed by atoms with Crippen LogP contribution in [0.1, 0.15) is 0 Å². The molecule has 13 aromatic rings. The Morgan fingerprint density at radius 3 is 1.39 bits per heavy atom. The topological polar surface area (TPSA) is 16.4 Å². The fourth-order valence-corrected chi connectivity index (χ4v) is 10.1. The van der Waals surface area contributed by atoms with E-state index in [1.54, 1.807) is 0 Å². The third-order valence-corrected chi connectivity index (χ3v) is 13.2. The molecule has 0 spiro atoms. The van der Waals surface area contributed by atoms with Gasteiger partial charge in [-0.2, -0.15) is 0 Å². The first-order chi connectivity index (χ1) is 31.7. The van der Waals surface area contributed by atoms with Gasteiger partial charge in [-0.15, -0.1) is 0 Å². The van der Waals surface area contributed by atoms with Gasteiger partial charge >= 0.3 is 0 Å². The lowest BCUT2D eigenvalue weighted by atomic mass is 9.92. The monoisotopic (exact) mass is 813 g/mol. The maximum Gasteiger partial charge on any atom is 0.137 e. The van der Waals surface area contributed by atoms with Gasteiger partial charge in [0.25, 0.3) is 0 Å². The lowest BCUT2D eigenvalue weighted by Gasteiger charge is -2.27. The second-order valence-electron chi connectivity index (χ2n) is 16.8. The molecule has 0 saturated heterocycles. The second-order valence-corrected chi connectivity index (χ2v) is 16.8. The maximum atomic E-state index is 6.64. The summed E-state index contributed by atoms with van der Waals surface area (Å²) < 4.78 is 6.64. The van der Waals surface area contributed by atoms with E-state index in [9.17, 15) is 0 Å². The van der Waals surface area contributed by atoms with Crippen LogP contribution in [0.5, 0.6) is 0 Å². The van der Waals surface area contributed by atoms with E-state index in [-0.39, 0.29) is 0 Å². The fourth-order valence-electron chi connectivity index (χ4n) is 10.1. The van der Waals surface area contributed by atoms with Crippen molar-refractivity contribution < 1.29 is 4.42 Å². The fraction of sp³-hybridized carbons (Fsp3) is 0. The Morgan fingerprint density at radius 2 is 0.766 bits per heavy atom. The second kappa shape index (κ2) is 14.6. The van der Waals surface area contributed by atoms with E-state index >= 15 is 0 Å². The summed E-state index contributed by atoms with van der Waals surface area (Å²) in [5, 5.41) is 14.6. The van der Waals surface area contributed by atoms with Crippen molar-refractivity contribution in [2.24, 2.45) is 0 Å². The summed E-state index contributed by atoms with van der Waals surface area (Å²) in [6, 6.07) is 86.1. The Kier molecular flexibility index (Phi) is 8.25. The highest BCUT2D eigenvalue weighted by Crippen LogP contribution is 2.46. The summed E-state index contributed by atoms with van der Waals surface area (Å²) in [4.78, 5) is 2.40. The van der Waals surface area contributed by atoms with Crippen LogP contribution >= 0.6 is 0 Å². The summed E-state index contributed by atoms with van der Waals surface area (Å²) in [6.07, 6.45) is 0. The van der Waals surface area contributed by atoms with E-state index in [0.717, 1.165) is 55.5 Å². The number of rotatable bonds is 6. The highest BCUT2D eigenvalue weighted by Gasteiger charge is 2.21. The Balaban J connectivity index is 0.958. The average molecular weight is 814 g/mol. The molecule has 12 aromatic carbocycles. The van der Waals surface area contributed by atoms with Gasteiger partial charge < -0.3 is 9.32 Å². The van der Waals surface area contributed by atoms with Gasteiger partial charge in [0.1, 0.15) is 11.2 Å². The predicted octanol–water partition coefficient (Wildman–Crippen LogP) is 17.8. The van der Waals surface area contributed by atoms with Crippen molar-refractivity contribution in [2.45, 2.75) is 0 Å². The van der Waals surface area contributed by atoms with Gasteiger partial charge in [0.05, 0.1) is 11.1 Å². The van der Waals surface area contributed by atoms with Crippen molar-refractivity contribution in [3.63, 3.8) is 0 Å². The number of furan rings is 1. The largest absolute Gasteiger partial charge is 0.456 e. The van der Waals surface area contributed by atoms with Gasteiger partial charge in [-0.1, -0.05) is 176 Å². The molecule has 0 saturated carbocycles. The minimum Gasteiger partial charge on any atom is -0.456 e. The number of nitrogens with zero attached hydrogens (tertiary/aromatic N) is 1. The van der Waals surface area contributed by atoms with Gasteiger partial charge in [-0.3, -0.25) is 0 Å². The number of fused-ring (bicyclic) bond motifs is 10. The number of hydrogen-bond donors (Lipinski definition) is 0. The van der Waals surface area contributed by atoms with Crippen LogP contribution in [0, 0.1) is 0 Å². The molecule has 0 unspecified atom stereocenters.